The van der Waals surface area contributed by atoms with Gasteiger partial charge in [-0.3, -0.25) is 4.79 Å². The number of piperidine rings is 1. The van der Waals surface area contributed by atoms with Gasteiger partial charge >= 0.3 is 0 Å². The second kappa shape index (κ2) is 4.59. The number of carbonyl (C=O) groups is 1. The van der Waals surface area contributed by atoms with E-state index in [0.29, 0.717) is 5.56 Å². The van der Waals surface area contributed by atoms with Crippen molar-refractivity contribution < 1.29 is 9.18 Å². The summed E-state index contributed by atoms with van der Waals surface area (Å²) in [5.74, 6) is -0.511. The number of nitrogen functional groups attached to an aromatic ring is 1. The average molecular weight is 250 g/mol. The van der Waals surface area contributed by atoms with Gasteiger partial charge in [-0.15, -0.1) is 0 Å². The Kier molecular flexibility index (Phi) is 3.28. The standard InChI is InChI=1S/C14H19FN2O/c1-14(2)6-3-7-17(9-14)13(18)11-5-4-10(15)8-12(11)16/h4-5,8H,3,6-7,9,16H2,1-2H3. The van der Waals surface area contributed by atoms with Gasteiger partial charge in [-0.25, -0.2) is 4.39 Å². The van der Waals surface area contributed by atoms with Crippen LogP contribution < -0.4 is 5.73 Å². The van der Waals surface area contributed by atoms with Crippen LogP contribution >= 0.6 is 0 Å². The Bertz CT molecular complexity index is 471. The first-order valence-electron chi connectivity index (χ1n) is 6.23. The lowest BCUT2D eigenvalue weighted by Crippen LogP contribution is -2.43. The Labute approximate surface area is 107 Å². The molecule has 4 heteroatoms. The van der Waals surface area contributed by atoms with Crippen molar-refractivity contribution in [3.05, 3.63) is 29.6 Å². The fraction of sp³-hybridized carbons (Fsp3) is 0.500. The van der Waals surface area contributed by atoms with Gasteiger partial charge in [0.1, 0.15) is 5.82 Å². The molecule has 0 atom stereocenters. The maximum atomic E-state index is 13.0. The molecule has 2 N–H and O–H groups in total. The smallest absolute Gasteiger partial charge is 0.255 e. The minimum Gasteiger partial charge on any atom is -0.398 e. The van der Waals surface area contributed by atoms with Gasteiger partial charge in [0.15, 0.2) is 0 Å². The lowest BCUT2D eigenvalue weighted by Gasteiger charge is -2.38. The average Bonchev–Trinajstić information content (AvgIpc) is 2.27. The van der Waals surface area contributed by atoms with Crippen molar-refractivity contribution >= 4 is 11.6 Å². The first-order chi connectivity index (χ1) is 8.39. The van der Waals surface area contributed by atoms with Gasteiger partial charge < -0.3 is 10.6 Å². The first kappa shape index (κ1) is 12.9. The molecule has 0 aromatic heterocycles. The zero-order chi connectivity index (χ0) is 13.3. The molecule has 18 heavy (non-hydrogen) atoms. The van der Waals surface area contributed by atoms with Crippen molar-refractivity contribution in [2.75, 3.05) is 18.8 Å². The number of rotatable bonds is 1. The highest BCUT2D eigenvalue weighted by Gasteiger charge is 2.30. The van der Waals surface area contributed by atoms with Crippen molar-refractivity contribution in [1.82, 2.24) is 4.90 Å². The number of nitrogens with zero attached hydrogens (tertiary/aromatic N) is 1. The molecule has 0 aliphatic carbocycles. The lowest BCUT2D eigenvalue weighted by atomic mass is 9.84. The molecule has 3 nitrogen and oxygen atoms in total. The molecule has 1 heterocycles. The van der Waals surface area contributed by atoms with Crippen LogP contribution in [0.4, 0.5) is 10.1 Å². The molecule has 0 spiro atoms. The Hall–Kier alpha value is -1.58. The normalized spacial score (nSPS) is 18.7. The van der Waals surface area contributed by atoms with E-state index in [0.717, 1.165) is 25.9 Å². The predicted molar refractivity (Wildman–Crippen MR) is 69.7 cm³/mol. The van der Waals surface area contributed by atoms with Crippen LogP contribution in [0.5, 0.6) is 0 Å². The van der Waals surface area contributed by atoms with Gasteiger partial charge in [0.05, 0.1) is 5.56 Å². The minimum atomic E-state index is -0.414. The van der Waals surface area contributed by atoms with E-state index in [4.69, 9.17) is 5.73 Å². The molecule has 1 fully saturated rings. The largest absolute Gasteiger partial charge is 0.398 e. The summed E-state index contributed by atoms with van der Waals surface area (Å²) >= 11 is 0. The number of nitrogens with two attached hydrogens (primary N) is 1. The van der Waals surface area contributed by atoms with Crippen LogP contribution in [0.3, 0.4) is 0 Å². The predicted octanol–water partition coefficient (Wildman–Crippen LogP) is 2.67. The van der Waals surface area contributed by atoms with E-state index in [9.17, 15) is 9.18 Å². The summed E-state index contributed by atoms with van der Waals surface area (Å²) in [6.45, 7) is 5.78. The van der Waals surface area contributed by atoms with Gasteiger partial charge in [-0.1, -0.05) is 13.8 Å². The van der Waals surface area contributed by atoms with Crippen molar-refractivity contribution in [3.8, 4) is 0 Å². The summed E-state index contributed by atoms with van der Waals surface area (Å²) in [7, 11) is 0. The van der Waals surface area contributed by atoms with Gasteiger partial charge in [-0.05, 0) is 36.5 Å². The second-order valence-corrected chi connectivity index (χ2v) is 5.73. The summed E-state index contributed by atoms with van der Waals surface area (Å²) < 4.78 is 13.0. The van der Waals surface area contributed by atoms with Crippen LogP contribution in [-0.2, 0) is 0 Å². The summed E-state index contributed by atoms with van der Waals surface area (Å²) in [4.78, 5) is 14.2. The van der Waals surface area contributed by atoms with Gasteiger partial charge in [-0.2, -0.15) is 0 Å². The zero-order valence-corrected chi connectivity index (χ0v) is 10.9. The topological polar surface area (TPSA) is 46.3 Å². The summed E-state index contributed by atoms with van der Waals surface area (Å²) in [6, 6.07) is 3.94. The molecule has 0 saturated carbocycles. The zero-order valence-electron chi connectivity index (χ0n) is 10.9. The number of benzene rings is 1. The highest BCUT2D eigenvalue weighted by Crippen LogP contribution is 2.29. The number of hydrogen-bond acceptors (Lipinski definition) is 2. The Morgan fingerprint density at radius 1 is 1.44 bits per heavy atom. The molecule has 1 aromatic rings. The van der Waals surface area contributed by atoms with Crippen LogP contribution in [0.1, 0.15) is 37.0 Å². The Balaban J connectivity index is 2.20. The van der Waals surface area contributed by atoms with Crippen molar-refractivity contribution in [3.63, 3.8) is 0 Å². The maximum Gasteiger partial charge on any atom is 0.255 e. The van der Waals surface area contributed by atoms with Crippen molar-refractivity contribution in [1.29, 1.82) is 0 Å². The van der Waals surface area contributed by atoms with Crippen molar-refractivity contribution in [2.24, 2.45) is 5.41 Å². The third-order valence-corrected chi connectivity index (χ3v) is 3.43. The van der Waals surface area contributed by atoms with Crippen LogP contribution in [0.2, 0.25) is 0 Å². The van der Waals surface area contributed by atoms with Crippen LogP contribution in [0, 0.1) is 11.2 Å². The lowest BCUT2D eigenvalue weighted by molar-refractivity contribution is 0.0584. The third-order valence-electron chi connectivity index (χ3n) is 3.43. The molecule has 1 aliphatic rings. The molecular weight excluding hydrogens is 231 g/mol. The van der Waals surface area contributed by atoms with E-state index >= 15 is 0 Å². The first-order valence-corrected chi connectivity index (χ1v) is 6.23. The molecule has 98 valence electrons. The number of likely N-dealkylation sites (tertiary alicyclic amines) is 1. The second-order valence-electron chi connectivity index (χ2n) is 5.73. The van der Waals surface area contributed by atoms with Crippen LogP contribution in [-0.4, -0.2) is 23.9 Å². The number of halogens is 1. The van der Waals surface area contributed by atoms with E-state index in [1.54, 1.807) is 0 Å². The number of amides is 1. The van der Waals surface area contributed by atoms with E-state index < -0.39 is 5.82 Å². The molecule has 1 saturated heterocycles. The van der Waals surface area contributed by atoms with Crippen molar-refractivity contribution in [2.45, 2.75) is 26.7 Å². The quantitative estimate of drug-likeness (QED) is 0.779. The van der Waals surface area contributed by atoms with E-state index in [-0.39, 0.29) is 17.0 Å². The molecule has 0 radical (unpaired) electrons. The third kappa shape index (κ3) is 2.63. The SMILES string of the molecule is CC1(C)CCCN(C(=O)c2ccc(F)cc2N)C1. The Morgan fingerprint density at radius 3 is 2.78 bits per heavy atom. The fourth-order valence-electron chi connectivity index (χ4n) is 2.50. The Morgan fingerprint density at radius 2 is 2.17 bits per heavy atom. The van der Waals surface area contributed by atoms with Gasteiger partial charge in [0, 0.05) is 18.8 Å². The molecule has 1 aromatic carbocycles. The molecule has 0 bridgehead atoms. The van der Waals surface area contributed by atoms with Crippen LogP contribution in [0.25, 0.3) is 0 Å². The van der Waals surface area contributed by atoms with E-state index in [2.05, 4.69) is 13.8 Å². The highest BCUT2D eigenvalue weighted by atomic mass is 19.1. The monoisotopic (exact) mass is 250 g/mol. The number of carbonyl (C=O) groups excluding carboxylic acids is 1. The fourth-order valence-corrected chi connectivity index (χ4v) is 2.50. The van der Waals surface area contributed by atoms with Gasteiger partial charge in [0.25, 0.3) is 5.91 Å². The summed E-state index contributed by atoms with van der Waals surface area (Å²) in [5.41, 5.74) is 6.46. The molecule has 1 aliphatic heterocycles. The molecule has 2 rings (SSSR count). The van der Waals surface area contributed by atoms with E-state index in [1.807, 2.05) is 4.90 Å². The number of anilines is 1. The number of hydrogen-bond donors (Lipinski definition) is 1. The molecule has 0 unspecified atom stereocenters. The summed E-state index contributed by atoms with van der Waals surface area (Å²) in [6.07, 6.45) is 2.12. The minimum absolute atomic E-state index is 0.0970. The maximum absolute atomic E-state index is 13.0. The van der Waals surface area contributed by atoms with Gasteiger partial charge in [0.2, 0.25) is 0 Å². The van der Waals surface area contributed by atoms with Crippen LogP contribution in [0.15, 0.2) is 18.2 Å². The summed E-state index contributed by atoms with van der Waals surface area (Å²) in [5, 5.41) is 0. The highest BCUT2D eigenvalue weighted by molar-refractivity contribution is 5.99. The molecular formula is C14H19FN2O. The molecule has 1 amide bonds. The van der Waals surface area contributed by atoms with E-state index in [1.165, 1.54) is 18.2 Å².